The van der Waals surface area contributed by atoms with E-state index in [2.05, 4.69) is 14.7 Å². The normalized spacial score (nSPS) is 20.8. The third-order valence-electron chi connectivity index (χ3n) is 7.63. The number of hydrogen-bond acceptors (Lipinski definition) is 5. The Morgan fingerprint density at radius 3 is 2.65 bits per heavy atom. The summed E-state index contributed by atoms with van der Waals surface area (Å²) >= 11 is 0. The van der Waals surface area contributed by atoms with Crippen LogP contribution in [0.1, 0.15) is 41.6 Å². The number of rotatable bonds is 6. The first kappa shape index (κ1) is 23.5. The Bertz CT molecular complexity index is 1520. The fourth-order valence-electron chi connectivity index (χ4n) is 5.76. The van der Waals surface area contributed by atoms with Gasteiger partial charge in [0.1, 0.15) is 28.7 Å². The third kappa shape index (κ3) is 4.11. The maximum atomic E-state index is 15.3. The Labute approximate surface area is 208 Å². The van der Waals surface area contributed by atoms with Crippen LogP contribution in [0.5, 0.6) is 5.75 Å². The van der Waals surface area contributed by atoms with E-state index in [0.29, 0.717) is 17.0 Å². The Balaban J connectivity index is 1.40. The first-order chi connectivity index (χ1) is 17.8. The van der Waals surface area contributed by atoms with E-state index in [4.69, 9.17) is 5.73 Å². The molecule has 4 aromatic rings. The zero-order chi connectivity index (χ0) is 25.8. The summed E-state index contributed by atoms with van der Waals surface area (Å²) in [5.74, 6) is -1.38. The molecule has 3 aliphatic carbocycles. The minimum Gasteiger partial charge on any atom is -0.435 e. The van der Waals surface area contributed by atoms with Gasteiger partial charge in [-0.3, -0.25) is 9.20 Å². The zero-order valence-electron chi connectivity index (χ0n) is 19.6. The van der Waals surface area contributed by atoms with Crippen molar-refractivity contribution in [2.24, 2.45) is 11.8 Å². The maximum Gasteiger partial charge on any atom is 0.387 e. The summed E-state index contributed by atoms with van der Waals surface area (Å²) in [5.41, 5.74) is 7.17. The number of aromatic nitrogens is 3. The number of carbonyl (C=O) groups excluding carboxylic acids is 1. The van der Waals surface area contributed by atoms with Gasteiger partial charge in [0, 0.05) is 30.3 Å². The highest BCUT2D eigenvalue weighted by Gasteiger charge is 2.44. The van der Waals surface area contributed by atoms with Gasteiger partial charge >= 0.3 is 6.61 Å². The number of anilines is 1. The molecule has 1 unspecified atom stereocenters. The van der Waals surface area contributed by atoms with E-state index < -0.39 is 24.2 Å². The number of alkyl halides is 2. The number of benzene rings is 2. The van der Waals surface area contributed by atoms with Gasteiger partial charge in [0.15, 0.2) is 0 Å². The lowest BCUT2D eigenvalue weighted by molar-refractivity contribution is -0.0500. The van der Waals surface area contributed by atoms with Crippen molar-refractivity contribution < 1.29 is 27.1 Å². The van der Waals surface area contributed by atoms with Gasteiger partial charge in [-0.15, -0.1) is 0 Å². The molecule has 1 amide bonds. The molecule has 2 heterocycles. The van der Waals surface area contributed by atoms with E-state index in [-0.39, 0.29) is 46.7 Å². The number of ether oxygens (including phenoxy) is 1. The molecule has 1 atom stereocenters. The fraction of sp³-hybridized carbons (Fsp3) is 0.346. The third-order valence-corrected chi connectivity index (χ3v) is 7.63. The molecule has 192 valence electrons. The Morgan fingerprint density at radius 2 is 1.95 bits per heavy atom. The van der Waals surface area contributed by atoms with E-state index in [9.17, 15) is 18.0 Å². The summed E-state index contributed by atoms with van der Waals surface area (Å²) in [4.78, 5) is 23.7. The van der Waals surface area contributed by atoms with Crippen molar-refractivity contribution in [2.75, 3.05) is 5.73 Å². The van der Waals surface area contributed by atoms with Gasteiger partial charge in [0.25, 0.3) is 5.91 Å². The minimum absolute atomic E-state index is 0.129. The average Bonchev–Trinajstić information content (AvgIpc) is 3.33. The SMILES string of the molecule is Nc1nc2cc(F)c(C(=O)N(Cc3ccc(OC(F)F)cc3F)C3CCC4CC3C4)cc2n2cncc12. The lowest BCUT2D eigenvalue weighted by Crippen LogP contribution is -2.51. The van der Waals surface area contributed by atoms with Crippen LogP contribution in [0.4, 0.5) is 23.4 Å². The quantitative estimate of drug-likeness (QED) is 0.360. The number of imidazole rings is 1. The molecule has 2 aromatic heterocycles. The van der Waals surface area contributed by atoms with Gasteiger partial charge in [-0.05, 0) is 49.7 Å². The van der Waals surface area contributed by atoms with Crippen LogP contribution in [0.2, 0.25) is 0 Å². The van der Waals surface area contributed by atoms with Gasteiger partial charge < -0.3 is 15.4 Å². The molecule has 0 saturated heterocycles. The second kappa shape index (κ2) is 8.89. The molecule has 37 heavy (non-hydrogen) atoms. The fourth-order valence-corrected chi connectivity index (χ4v) is 5.76. The molecular weight excluding hydrogens is 490 g/mol. The summed E-state index contributed by atoms with van der Waals surface area (Å²) in [7, 11) is 0. The summed E-state index contributed by atoms with van der Waals surface area (Å²) in [6, 6.07) is 5.81. The largest absolute Gasteiger partial charge is 0.435 e. The zero-order valence-corrected chi connectivity index (χ0v) is 19.6. The highest BCUT2D eigenvalue weighted by molar-refractivity contribution is 5.98. The summed E-state index contributed by atoms with van der Waals surface area (Å²) in [6.45, 7) is -3.22. The van der Waals surface area contributed by atoms with Gasteiger partial charge in [0.05, 0.1) is 29.1 Å². The van der Waals surface area contributed by atoms with Crippen molar-refractivity contribution in [2.45, 2.75) is 44.9 Å². The van der Waals surface area contributed by atoms with Crippen molar-refractivity contribution in [3.05, 3.63) is 65.6 Å². The Morgan fingerprint density at radius 1 is 1.14 bits per heavy atom. The van der Waals surface area contributed by atoms with Crippen LogP contribution in [0.15, 0.2) is 42.9 Å². The number of nitrogens with two attached hydrogens (primary N) is 1. The summed E-state index contributed by atoms with van der Waals surface area (Å²) < 4.78 is 61.2. The predicted molar refractivity (Wildman–Crippen MR) is 127 cm³/mol. The molecule has 0 spiro atoms. The molecule has 3 aliphatic rings. The number of halogens is 4. The molecule has 7 rings (SSSR count). The lowest BCUT2D eigenvalue weighted by atomic mass is 9.62. The van der Waals surface area contributed by atoms with Gasteiger partial charge in [-0.1, -0.05) is 6.07 Å². The summed E-state index contributed by atoms with van der Waals surface area (Å²) in [6.07, 6.45) is 6.64. The molecule has 11 heteroatoms. The molecular formula is C26H23F4N5O2. The Hall–Kier alpha value is -3.89. The average molecular weight is 513 g/mol. The van der Waals surface area contributed by atoms with Gasteiger partial charge in [-0.2, -0.15) is 8.78 Å². The number of amides is 1. The lowest BCUT2D eigenvalue weighted by Gasteiger charge is -2.50. The van der Waals surface area contributed by atoms with Crippen molar-refractivity contribution in [3.63, 3.8) is 0 Å². The van der Waals surface area contributed by atoms with Crippen molar-refractivity contribution >= 4 is 28.3 Å². The van der Waals surface area contributed by atoms with Crippen LogP contribution >= 0.6 is 0 Å². The van der Waals surface area contributed by atoms with E-state index in [1.165, 1.54) is 35.6 Å². The predicted octanol–water partition coefficient (Wildman–Crippen LogP) is 5.18. The highest BCUT2D eigenvalue weighted by Crippen LogP contribution is 2.48. The Kier molecular flexibility index (Phi) is 5.65. The number of nitrogen functional groups attached to an aromatic ring is 1. The molecule has 2 N–H and O–H groups in total. The molecule has 2 aromatic carbocycles. The van der Waals surface area contributed by atoms with Crippen molar-refractivity contribution in [1.82, 2.24) is 19.3 Å². The van der Waals surface area contributed by atoms with Crippen molar-refractivity contribution in [1.29, 1.82) is 0 Å². The standard InChI is InChI=1S/C26H23F4N5O2/c27-18-7-16(37-26(29)30)3-2-14(18)11-34(21-4-1-13-5-15(21)6-13)25(36)17-8-22-20(9-19(17)28)33-24(31)23-10-32-12-35(22)23/h2-3,7-10,12-13,15,21,26H,1,4-6,11H2,(H2,31,33). The number of hydrogen-bond donors (Lipinski definition) is 1. The monoisotopic (exact) mass is 513 g/mol. The van der Waals surface area contributed by atoms with Gasteiger partial charge in [0.2, 0.25) is 0 Å². The van der Waals surface area contributed by atoms with E-state index in [1.54, 1.807) is 4.40 Å². The smallest absolute Gasteiger partial charge is 0.387 e. The molecule has 2 bridgehead atoms. The van der Waals surface area contributed by atoms with Crippen LogP contribution in [0.3, 0.4) is 0 Å². The van der Waals surface area contributed by atoms with E-state index in [0.717, 1.165) is 37.8 Å². The molecule has 0 radical (unpaired) electrons. The van der Waals surface area contributed by atoms with Crippen LogP contribution in [0.25, 0.3) is 16.6 Å². The maximum absolute atomic E-state index is 15.3. The first-order valence-corrected chi connectivity index (χ1v) is 12.0. The second-order valence-electron chi connectivity index (χ2n) is 9.77. The van der Waals surface area contributed by atoms with Crippen molar-refractivity contribution in [3.8, 4) is 5.75 Å². The van der Waals surface area contributed by atoms with E-state index >= 15 is 4.39 Å². The molecule has 7 nitrogen and oxygen atoms in total. The minimum atomic E-state index is -3.08. The second-order valence-corrected chi connectivity index (χ2v) is 9.77. The molecule has 0 aliphatic heterocycles. The van der Waals surface area contributed by atoms with E-state index in [1.807, 2.05) is 0 Å². The van der Waals surface area contributed by atoms with Crippen LogP contribution in [0, 0.1) is 23.5 Å². The highest BCUT2D eigenvalue weighted by atomic mass is 19.3. The van der Waals surface area contributed by atoms with Crippen LogP contribution < -0.4 is 10.5 Å². The topological polar surface area (TPSA) is 85.8 Å². The van der Waals surface area contributed by atoms with Gasteiger partial charge in [-0.25, -0.2) is 18.7 Å². The van der Waals surface area contributed by atoms with Crippen LogP contribution in [-0.2, 0) is 6.54 Å². The first-order valence-electron chi connectivity index (χ1n) is 12.0. The molecule has 3 fully saturated rings. The molecule has 3 saturated carbocycles. The number of nitrogens with zero attached hydrogens (tertiary/aromatic N) is 4. The summed E-state index contributed by atoms with van der Waals surface area (Å²) in [5, 5.41) is 0. The number of fused-ring (bicyclic) bond motifs is 5. The number of carbonyl (C=O) groups is 1. The van der Waals surface area contributed by atoms with Crippen LogP contribution in [-0.4, -0.2) is 37.8 Å².